The molecule has 0 saturated carbocycles. The Morgan fingerprint density at radius 3 is 2.26 bits per heavy atom. The molecule has 19 heavy (non-hydrogen) atoms. The van der Waals surface area contributed by atoms with Crippen molar-refractivity contribution < 1.29 is 9.53 Å². The highest BCUT2D eigenvalue weighted by Crippen LogP contribution is 2.19. The monoisotopic (exact) mass is 263 g/mol. The molecule has 2 atom stereocenters. The lowest BCUT2D eigenvalue weighted by atomic mass is 10.1. The van der Waals surface area contributed by atoms with E-state index < -0.39 is 0 Å². The van der Waals surface area contributed by atoms with Gasteiger partial charge < -0.3 is 9.64 Å². The first-order valence-electron chi connectivity index (χ1n) is 7.01. The molecule has 0 spiro atoms. The van der Waals surface area contributed by atoms with Gasteiger partial charge in [0.05, 0.1) is 7.11 Å². The van der Waals surface area contributed by atoms with Crippen molar-refractivity contribution in [3.63, 3.8) is 0 Å². The van der Waals surface area contributed by atoms with E-state index >= 15 is 0 Å². The van der Waals surface area contributed by atoms with Gasteiger partial charge in [-0.15, -0.1) is 0 Å². The highest BCUT2D eigenvalue weighted by atomic mass is 16.5. The molecule has 1 aromatic rings. The van der Waals surface area contributed by atoms with Crippen molar-refractivity contribution in [2.75, 3.05) is 7.11 Å². The van der Waals surface area contributed by atoms with E-state index in [0.29, 0.717) is 5.56 Å². The lowest BCUT2D eigenvalue weighted by molar-refractivity contribution is 0.0598. The first kappa shape index (κ1) is 15.5. The Hall–Kier alpha value is -1.51. The second-order valence-electron chi connectivity index (χ2n) is 4.96. The summed E-state index contributed by atoms with van der Waals surface area (Å²) in [5, 5.41) is 0. The van der Waals surface area contributed by atoms with Gasteiger partial charge in [0.2, 0.25) is 0 Å². The van der Waals surface area contributed by atoms with Gasteiger partial charge in [-0.1, -0.05) is 19.9 Å². The quantitative estimate of drug-likeness (QED) is 0.782. The summed E-state index contributed by atoms with van der Waals surface area (Å²) in [5.41, 5.74) is 0.694. The highest BCUT2D eigenvalue weighted by molar-refractivity contribution is 5.95. The Morgan fingerprint density at radius 1 is 1.21 bits per heavy atom. The molecule has 0 bridgehead atoms. The minimum atomic E-state index is 0.0857. The van der Waals surface area contributed by atoms with Crippen LogP contribution < -0.4 is 4.74 Å². The summed E-state index contributed by atoms with van der Waals surface area (Å²) in [5.74, 6) is 0.807. The first-order valence-corrected chi connectivity index (χ1v) is 7.01. The average Bonchev–Trinajstić information content (AvgIpc) is 2.46. The third-order valence-electron chi connectivity index (χ3n) is 3.68. The van der Waals surface area contributed by atoms with Crippen molar-refractivity contribution in [1.29, 1.82) is 0 Å². The van der Waals surface area contributed by atoms with E-state index in [1.165, 1.54) is 0 Å². The Bertz CT molecular complexity index is 407. The molecular weight excluding hydrogens is 238 g/mol. The van der Waals surface area contributed by atoms with Crippen molar-refractivity contribution in [2.45, 2.75) is 52.6 Å². The van der Waals surface area contributed by atoms with Gasteiger partial charge in [-0.3, -0.25) is 4.79 Å². The van der Waals surface area contributed by atoms with Crippen molar-refractivity contribution in [3.05, 3.63) is 29.8 Å². The number of rotatable bonds is 6. The van der Waals surface area contributed by atoms with Crippen LogP contribution in [-0.4, -0.2) is 30.0 Å². The SMILES string of the molecule is CC[C@@H](C)N(C(=O)c1cccc(OC)c1)[C@@H](C)CC. The zero-order valence-electron chi connectivity index (χ0n) is 12.6. The van der Waals surface area contributed by atoms with Gasteiger partial charge in [0.25, 0.3) is 5.91 Å². The number of ether oxygens (including phenoxy) is 1. The number of hydrogen-bond donors (Lipinski definition) is 0. The lowest BCUT2D eigenvalue weighted by Gasteiger charge is -2.34. The van der Waals surface area contributed by atoms with E-state index in [4.69, 9.17) is 4.74 Å². The maximum atomic E-state index is 12.7. The summed E-state index contributed by atoms with van der Waals surface area (Å²) in [6.07, 6.45) is 1.92. The molecule has 1 amide bonds. The van der Waals surface area contributed by atoms with Crippen molar-refractivity contribution >= 4 is 5.91 Å². The number of hydrogen-bond acceptors (Lipinski definition) is 2. The topological polar surface area (TPSA) is 29.5 Å². The molecule has 0 unspecified atom stereocenters. The number of nitrogens with zero attached hydrogens (tertiary/aromatic N) is 1. The Balaban J connectivity index is 3.04. The van der Waals surface area contributed by atoms with Crippen LogP contribution in [0.2, 0.25) is 0 Å². The minimum absolute atomic E-state index is 0.0857. The normalized spacial score (nSPS) is 13.7. The summed E-state index contributed by atoms with van der Waals surface area (Å²) < 4.78 is 5.19. The zero-order valence-corrected chi connectivity index (χ0v) is 12.6. The molecule has 1 aromatic carbocycles. The third kappa shape index (κ3) is 3.72. The van der Waals surface area contributed by atoms with Crippen LogP contribution in [0.5, 0.6) is 5.75 Å². The molecule has 0 heterocycles. The summed E-state index contributed by atoms with van der Waals surface area (Å²) in [6, 6.07) is 7.86. The van der Waals surface area contributed by atoms with Gasteiger partial charge in [0, 0.05) is 17.6 Å². The summed E-state index contributed by atoms with van der Waals surface area (Å²) in [4.78, 5) is 14.7. The lowest BCUT2D eigenvalue weighted by Crippen LogP contribution is -2.44. The number of benzene rings is 1. The van der Waals surface area contributed by atoms with Crippen molar-refractivity contribution in [3.8, 4) is 5.75 Å². The molecular formula is C16H25NO2. The number of carbonyl (C=O) groups is 1. The average molecular weight is 263 g/mol. The summed E-state index contributed by atoms with van der Waals surface area (Å²) in [7, 11) is 1.62. The molecule has 0 aliphatic carbocycles. The second kappa shape index (κ2) is 7.17. The molecule has 3 heteroatoms. The smallest absolute Gasteiger partial charge is 0.254 e. The molecule has 0 radical (unpaired) electrons. The fraction of sp³-hybridized carbons (Fsp3) is 0.562. The van der Waals surface area contributed by atoms with Crippen molar-refractivity contribution in [2.24, 2.45) is 0 Å². The van der Waals surface area contributed by atoms with Crippen molar-refractivity contribution in [1.82, 2.24) is 4.90 Å². The number of methoxy groups -OCH3 is 1. The summed E-state index contributed by atoms with van der Waals surface area (Å²) >= 11 is 0. The van der Waals surface area contributed by atoms with E-state index in [2.05, 4.69) is 27.7 Å². The third-order valence-corrected chi connectivity index (χ3v) is 3.68. The Morgan fingerprint density at radius 2 is 1.79 bits per heavy atom. The van der Waals surface area contributed by atoms with Gasteiger partial charge in [0.15, 0.2) is 0 Å². The molecule has 106 valence electrons. The maximum Gasteiger partial charge on any atom is 0.254 e. The number of carbonyl (C=O) groups excluding carboxylic acids is 1. The van der Waals surface area contributed by atoms with Crippen LogP contribution in [0.4, 0.5) is 0 Å². The predicted molar refractivity (Wildman–Crippen MR) is 78.7 cm³/mol. The molecule has 0 N–H and O–H groups in total. The molecule has 3 nitrogen and oxygen atoms in total. The van der Waals surface area contributed by atoms with E-state index in [-0.39, 0.29) is 18.0 Å². The van der Waals surface area contributed by atoms with E-state index in [9.17, 15) is 4.79 Å². The maximum absolute atomic E-state index is 12.7. The number of amides is 1. The Kier molecular flexibility index (Phi) is 5.87. The fourth-order valence-electron chi connectivity index (χ4n) is 2.13. The van der Waals surface area contributed by atoms with Crippen LogP contribution in [0.15, 0.2) is 24.3 Å². The van der Waals surface area contributed by atoms with E-state index in [1.807, 2.05) is 23.1 Å². The van der Waals surface area contributed by atoms with Gasteiger partial charge in [-0.25, -0.2) is 0 Å². The van der Waals surface area contributed by atoms with Crippen LogP contribution in [0.1, 0.15) is 50.9 Å². The fourth-order valence-corrected chi connectivity index (χ4v) is 2.13. The van der Waals surface area contributed by atoms with Gasteiger partial charge in [-0.05, 0) is 44.9 Å². The van der Waals surface area contributed by atoms with Crippen LogP contribution in [-0.2, 0) is 0 Å². The molecule has 0 fully saturated rings. The summed E-state index contributed by atoms with van der Waals surface area (Å²) in [6.45, 7) is 8.42. The van der Waals surface area contributed by atoms with Crippen LogP contribution in [0.3, 0.4) is 0 Å². The zero-order chi connectivity index (χ0) is 14.4. The first-order chi connectivity index (χ1) is 9.04. The predicted octanol–water partition coefficient (Wildman–Crippen LogP) is 3.73. The van der Waals surface area contributed by atoms with Crippen LogP contribution >= 0.6 is 0 Å². The largest absolute Gasteiger partial charge is 0.497 e. The van der Waals surface area contributed by atoms with E-state index in [0.717, 1.165) is 18.6 Å². The highest BCUT2D eigenvalue weighted by Gasteiger charge is 2.24. The molecule has 0 aliphatic heterocycles. The molecule has 1 rings (SSSR count). The van der Waals surface area contributed by atoms with Gasteiger partial charge in [-0.2, -0.15) is 0 Å². The van der Waals surface area contributed by atoms with Gasteiger partial charge >= 0.3 is 0 Å². The second-order valence-corrected chi connectivity index (χ2v) is 4.96. The van der Waals surface area contributed by atoms with Crippen LogP contribution in [0.25, 0.3) is 0 Å². The molecule has 0 aromatic heterocycles. The molecule has 0 saturated heterocycles. The minimum Gasteiger partial charge on any atom is -0.497 e. The standard InChI is InChI=1S/C16H25NO2/c1-6-12(3)17(13(4)7-2)16(18)14-9-8-10-15(11-14)19-5/h8-13H,6-7H2,1-5H3/t12-,13+. The van der Waals surface area contributed by atoms with Gasteiger partial charge in [0.1, 0.15) is 5.75 Å². The molecule has 0 aliphatic rings. The van der Waals surface area contributed by atoms with Crippen LogP contribution in [0, 0.1) is 0 Å². The van der Waals surface area contributed by atoms with E-state index in [1.54, 1.807) is 13.2 Å². The Labute approximate surface area is 116 Å².